The molecule has 8 nitrogen and oxygen atoms in total. The second-order valence-corrected chi connectivity index (χ2v) is 7.39. The van der Waals surface area contributed by atoms with Crippen LogP contribution in [0.15, 0.2) is 23.4 Å². The Labute approximate surface area is 158 Å². The van der Waals surface area contributed by atoms with Crippen LogP contribution in [-0.2, 0) is 4.79 Å². The van der Waals surface area contributed by atoms with Crippen LogP contribution in [0, 0.1) is 5.92 Å². The third-order valence-corrected chi connectivity index (χ3v) is 5.23. The maximum Gasteiger partial charge on any atom is 0.318 e. The number of aromatic nitrogens is 3. The van der Waals surface area contributed by atoms with E-state index in [1.54, 1.807) is 18.2 Å². The maximum absolute atomic E-state index is 12.1. The first-order valence-corrected chi connectivity index (χ1v) is 8.77. The molecule has 1 aromatic carbocycles. The first kappa shape index (κ1) is 19.4. The number of nitrogens with one attached hydrogen (secondary N) is 1. The quantitative estimate of drug-likeness (QED) is 0.519. The first-order chi connectivity index (χ1) is 11.7. The molecule has 1 heterocycles. The Morgan fingerprint density at radius 3 is 2.52 bits per heavy atom. The number of nitrogen functional groups attached to an aromatic ring is 1. The summed E-state index contributed by atoms with van der Waals surface area (Å²) in [6.45, 7) is 3.65. The van der Waals surface area contributed by atoms with E-state index in [0.717, 1.165) is 11.8 Å². The van der Waals surface area contributed by atoms with Gasteiger partial charge in [-0.05, 0) is 24.1 Å². The molecule has 2 rings (SSSR count). The molecule has 0 saturated carbocycles. The molecule has 0 spiro atoms. The molecule has 0 aliphatic carbocycles. The van der Waals surface area contributed by atoms with E-state index in [0.29, 0.717) is 26.6 Å². The van der Waals surface area contributed by atoms with Crippen LogP contribution in [0.1, 0.15) is 13.8 Å². The molecule has 134 valence electrons. The number of carbonyl (C=O) groups is 2. The zero-order valence-electron chi connectivity index (χ0n) is 13.4. The van der Waals surface area contributed by atoms with Crippen molar-refractivity contribution in [3.8, 4) is 11.4 Å². The van der Waals surface area contributed by atoms with Crippen molar-refractivity contribution in [2.24, 2.45) is 11.7 Å². The molecule has 1 unspecified atom stereocenters. The van der Waals surface area contributed by atoms with Crippen LogP contribution >= 0.6 is 35.0 Å². The topological polar surface area (TPSA) is 129 Å². The number of nitrogens with two attached hydrogens (primary N) is 2. The highest BCUT2D eigenvalue weighted by Crippen LogP contribution is 2.32. The molecular weight excluding hydrogens is 387 g/mol. The molecule has 25 heavy (non-hydrogen) atoms. The van der Waals surface area contributed by atoms with Gasteiger partial charge in [-0.2, -0.15) is 0 Å². The smallest absolute Gasteiger partial charge is 0.318 e. The highest BCUT2D eigenvalue weighted by molar-refractivity contribution is 8.00. The van der Waals surface area contributed by atoms with Crippen molar-refractivity contribution in [2.45, 2.75) is 24.3 Å². The van der Waals surface area contributed by atoms with Crippen molar-refractivity contribution in [2.75, 3.05) is 5.84 Å². The average Bonchev–Trinajstić information content (AvgIpc) is 2.84. The summed E-state index contributed by atoms with van der Waals surface area (Å²) >= 11 is 13.1. The number of benzene rings is 1. The molecule has 5 N–H and O–H groups in total. The second-order valence-electron chi connectivity index (χ2n) is 5.44. The zero-order valence-corrected chi connectivity index (χ0v) is 15.7. The number of amides is 3. The number of nitrogens with zero attached hydrogens (tertiary/aromatic N) is 3. The highest BCUT2D eigenvalue weighted by Gasteiger charge is 2.27. The predicted octanol–water partition coefficient (Wildman–Crippen LogP) is 2.28. The van der Waals surface area contributed by atoms with Crippen LogP contribution in [0.2, 0.25) is 10.0 Å². The lowest BCUT2D eigenvalue weighted by Crippen LogP contribution is -2.42. The van der Waals surface area contributed by atoms with E-state index in [9.17, 15) is 9.59 Å². The summed E-state index contributed by atoms with van der Waals surface area (Å²) in [6, 6.07) is 3.98. The van der Waals surface area contributed by atoms with Gasteiger partial charge in [0.25, 0.3) is 0 Å². The van der Waals surface area contributed by atoms with Gasteiger partial charge < -0.3 is 11.6 Å². The number of imide groups is 1. The number of carbonyl (C=O) groups excluding carboxylic acids is 2. The Morgan fingerprint density at radius 2 is 1.96 bits per heavy atom. The van der Waals surface area contributed by atoms with E-state index >= 15 is 0 Å². The number of primary amides is 1. The predicted molar refractivity (Wildman–Crippen MR) is 97.8 cm³/mol. The lowest BCUT2D eigenvalue weighted by molar-refractivity contribution is -0.120. The van der Waals surface area contributed by atoms with Gasteiger partial charge in [0, 0.05) is 10.6 Å². The molecule has 0 aliphatic heterocycles. The Balaban J connectivity index is 2.30. The summed E-state index contributed by atoms with van der Waals surface area (Å²) in [5, 5.41) is 10.6. The molecule has 0 aliphatic rings. The number of urea groups is 1. The normalized spacial score (nSPS) is 12.2. The van der Waals surface area contributed by atoms with Crippen LogP contribution in [0.4, 0.5) is 4.79 Å². The minimum atomic E-state index is -0.917. The van der Waals surface area contributed by atoms with Crippen molar-refractivity contribution in [3.05, 3.63) is 28.2 Å². The number of thioether (sulfide) groups is 1. The molecule has 0 saturated heterocycles. The van der Waals surface area contributed by atoms with Gasteiger partial charge in [-0.15, -0.1) is 10.2 Å². The summed E-state index contributed by atoms with van der Waals surface area (Å²) in [4.78, 5) is 23.0. The summed E-state index contributed by atoms with van der Waals surface area (Å²) < 4.78 is 1.23. The lowest BCUT2D eigenvalue weighted by atomic mass is 10.1. The van der Waals surface area contributed by atoms with Gasteiger partial charge in [-0.3, -0.25) is 10.1 Å². The standard InChI is InChI=1S/C14H16Cl2N6O2S/c1-6(2)10(12(23)19-13(17)24)25-14-21-20-11(22(14)18)8-4-3-7(15)5-9(8)16/h3-6,10H,18H2,1-2H3,(H3,17,19,23,24). The highest BCUT2D eigenvalue weighted by atomic mass is 35.5. The van der Waals surface area contributed by atoms with Gasteiger partial charge in [-0.25, -0.2) is 9.47 Å². The van der Waals surface area contributed by atoms with Crippen LogP contribution in [0.3, 0.4) is 0 Å². The maximum atomic E-state index is 12.1. The van der Waals surface area contributed by atoms with Crippen LogP contribution < -0.4 is 16.9 Å². The fraction of sp³-hybridized carbons (Fsp3) is 0.286. The van der Waals surface area contributed by atoms with E-state index in [4.69, 9.17) is 34.8 Å². The Kier molecular flexibility index (Phi) is 6.15. The summed E-state index contributed by atoms with van der Waals surface area (Å²) in [5.74, 6) is 5.74. The summed E-state index contributed by atoms with van der Waals surface area (Å²) in [5.41, 5.74) is 5.55. The van der Waals surface area contributed by atoms with Crippen LogP contribution in [0.25, 0.3) is 11.4 Å². The molecule has 0 radical (unpaired) electrons. The summed E-state index contributed by atoms with van der Waals surface area (Å²) in [6.07, 6.45) is 0. The second kappa shape index (κ2) is 7.94. The van der Waals surface area contributed by atoms with Gasteiger partial charge in [0.05, 0.1) is 10.3 Å². The van der Waals surface area contributed by atoms with E-state index in [1.165, 1.54) is 4.68 Å². The largest absolute Gasteiger partial charge is 0.351 e. The number of hydrogen-bond donors (Lipinski definition) is 3. The number of rotatable bonds is 5. The minimum absolute atomic E-state index is 0.108. The lowest BCUT2D eigenvalue weighted by Gasteiger charge is -2.17. The molecule has 1 aromatic heterocycles. The Morgan fingerprint density at radius 1 is 1.28 bits per heavy atom. The SMILES string of the molecule is CC(C)C(Sc1nnc(-c2ccc(Cl)cc2Cl)n1N)C(=O)NC(N)=O. The van der Waals surface area contributed by atoms with Gasteiger partial charge in [0.1, 0.15) is 0 Å². The number of halogens is 2. The average molecular weight is 403 g/mol. The molecular formula is C14H16Cl2N6O2S. The molecule has 1 atom stereocenters. The van der Waals surface area contributed by atoms with Crippen molar-refractivity contribution in [3.63, 3.8) is 0 Å². The van der Waals surface area contributed by atoms with Crippen LogP contribution in [-0.4, -0.2) is 32.1 Å². The van der Waals surface area contributed by atoms with Crippen molar-refractivity contribution in [1.82, 2.24) is 20.2 Å². The Hall–Kier alpha value is -1.97. The zero-order chi connectivity index (χ0) is 18.7. The van der Waals surface area contributed by atoms with Gasteiger partial charge in [0.15, 0.2) is 5.82 Å². The van der Waals surface area contributed by atoms with E-state index in [2.05, 4.69) is 15.5 Å². The number of hydrogen-bond acceptors (Lipinski definition) is 6. The monoisotopic (exact) mass is 402 g/mol. The molecule has 2 aromatic rings. The van der Waals surface area contributed by atoms with Crippen molar-refractivity contribution >= 4 is 46.9 Å². The van der Waals surface area contributed by atoms with Crippen molar-refractivity contribution < 1.29 is 9.59 Å². The van der Waals surface area contributed by atoms with Gasteiger partial charge in [-0.1, -0.05) is 48.8 Å². The third kappa shape index (κ3) is 4.56. The van der Waals surface area contributed by atoms with E-state index < -0.39 is 17.2 Å². The van der Waals surface area contributed by atoms with Gasteiger partial charge >= 0.3 is 6.03 Å². The minimum Gasteiger partial charge on any atom is -0.351 e. The summed E-state index contributed by atoms with van der Waals surface area (Å²) in [7, 11) is 0. The molecule has 11 heteroatoms. The fourth-order valence-corrected chi connectivity index (χ4v) is 3.46. The van der Waals surface area contributed by atoms with Crippen molar-refractivity contribution in [1.29, 1.82) is 0 Å². The van der Waals surface area contributed by atoms with E-state index in [1.807, 2.05) is 13.8 Å². The third-order valence-electron chi connectivity index (χ3n) is 3.18. The fourth-order valence-electron chi connectivity index (χ4n) is 2.01. The molecule has 0 fully saturated rings. The molecule has 0 bridgehead atoms. The van der Waals surface area contributed by atoms with Crippen LogP contribution in [0.5, 0.6) is 0 Å². The first-order valence-electron chi connectivity index (χ1n) is 7.13. The van der Waals surface area contributed by atoms with Gasteiger partial charge in [0.2, 0.25) is 11.1 Å². The molecule has 3 amide bonds. The van der Waals surface area contributed by atoms with E-state index in [-0.39, 0.29) is 5.92 Å². The Bertz CT molecular complexity index is 811.